The smallest absolute Gasteiger partial charge is 0.0919 e. The summed E-state index contributed by atoms with van der Waals surface area (Å²) >= 11 is 17.6. The van der Waals surface area contributed by atoms with Gasteiger partial charge in [-0.1, -0.05) is 48.3 Å². The molecule has 156 valence electrons. The lowest BCUT2D eigenvalue weighted by Gasteiger charge is -2.11. The highest BCUT2D eigenvalue weighted by Gasteiger charge is 2.14. The van der Waals surface area contributed by atoms with Gasteiger partial charge in [0, 0.05) is 23.0 Å². The summed E-state index contributed by atoms with van der Waals surface area (Å²) in [6.45, 7) is 8.47. The number of nitrogens with one attached hydrogen (secondary N) is 1. The molecule has 6 heteroatoms. The van der Waals surface area contributed by atoms with Gasteiger partial charge in [0.1, 0.15) is 0 Å². The van der Waals surface area contributed by atoms with E-state index in [2.05, 4.69) is 41.8 Å². The number of nitrogens with two attached hydrogens (primary N) is 1. The van der Waals surface area contributed by atoms with Gasteiger partial charge in [0.25, 0.3) is 0 Å². The normalized spacial score (nSPS) is 16.7. The van der Waals surface area contributed by atoms with E-state index in [1.807, 2.05) is 25.1 Å². The zero-order valence-corrected chi connectivity index (χ0v) is 19.6. The molecule has 0 saturated carbocycles. The molecule has 0 radical (unpaired) electrons. The topological polar surface area (TPSA) is 28.6 Å². The van der Waals surface area contributed by atoms with Crippen LogP contribution < -0.4 is 23.0 Å². The molecule has 0 bridgehead atoms. The van der Waals surface area contributed by atoms with Gasteiger partial charge in [0.05, 0.1) is 18.5 Å². The standard InChI is InChI=1S/C11H15Cl2N.C11H14ClN.ClH/c1-9(12)8-14-7-6-10-2-4-11(13)5-3-10;1-8-7-13-5-4-9-2-3-10(12)6-11(8)9;/h2-5,9,14H,6-8H2,1H3;2-3,6,8,13H,4-5,7H2,1H3;1H. The lowest BCUT2D eigenvalue weighted by atomic mass is 9.96. The van der Waals surface area contributed by atoms with Crippen LogP contribution in [0.2, 0.25) is 10.0 Å². The SMILES string of the molecule is CC(Cl)C[NH2+]CCc1ccc(Cl)cc1.CC1CNCCc2ccc(Cl)cc21.[Cl-]. The number of hydrogen-bond acceptors (Lipinski definition) is 1. The van der Waals surface area contributed by atoms with Crippen LogP contribution in [0.25, 0.3) is 0 Å². The zero-order chi connectivity index (χ0) is 19.6. The average Bonchev–Trinajstić information content (AvgIpc) is 2.82. The Morgan fingerprint density at radius 2 is 1.79 bits per heavy atom. The summed E-state index contributed by atoms with van der Waals surface area (Å²) in [6.07, 6.45) is 2.19. The summed E-state index contributed by atoms with van der Waals surface area (Å²) in [5.41, 5.74) is 4.19. The van der Waals surface area contributed by atoms with Gasteiger partial charge in [-0.05, 0) is 66.8 Å². The summed E-state index contributed by atoms with van der Waals surface area (Å²) in [6, 6.07) is 14.2. The lowest BCUT2D eigenvalue weighted by molar-refractivity contribution is -0.653. The minimum absolute atomic E-state index is 0. The van der Waals surface area contributed by atoms with Crippen molar-refractivity contribution in [2.24, 2.45) is 0 Å². The van der Waals surface area contributed by atoms with E-state index in [0.717, 1.165) is 49.1 Å². The van der Waals surface area contributed by atoms with E-state index in [4.69, 9.17) is 34.8 Å². The van der Waals surface area contributed by atoms with Gasteiger partial charge in [0.2, 0.25) is 0 Å². The first-order valence-corrected chi connectivity index (χ1v) is 10.8. The molecular weight excluding hydrogens is 434 g/mol. The third kappa shape index (κ3) is 9.35. The number of quaternary nitrogens is 1. The maximum atomic E-state index is 5.97. The summed E-state index contributed by atoms with van der Waals surface area (Å²) in [5, 5.41) is 7.57. The first-order chi connectivity index (χ1) is 13.0. The molecule has 0 amide bonds. The van der Waals surface area contributed by atoms with Crippen molar-refractivity contribution in [1.29, 1.82) is 0 Å². The number of fused-ring (bicyclic) bond motifs is 1. The lowest BCUT2D eigenvalue weighted by Crippen LogP contribution is -3.00. The molecule has 2 aromatic carbocycles. The molecule has 3 N–H and O–H groups in total. The molecule has 0 spiro atoms. The van der Waals surface area contributed by atoms with Gasteiger partial charge in [-0.25, -0.2) is 0 Å². The Hall–Kier alpha value is -0.480. The predicted molar refractivity (Wildman–Crippen MR) is 119 cm³/mol. The highest BCUT2D eigenvalue weighted by Crippen LogP contribution is 2.25. The first kappa shape index (κ1) is 25.6. The number of halogens is 4. The van der Waals surface area contributed by atoms with E-state index in [9.17, 15) is 0 Å². The number of hydrogen-bond donors (Lipinski definition) is 2. The van der Waals surface area contributed by atoms with E-state index >= 15 is 0 Å². The molecule has 2 atom stereocenters. The Bertz CT molecular complexity index is 689. The maximum absolute atomic E-state index is 5.97. The monoisotopic (exact) mass is 462 g/mol. The fraction of sp³-hybridized carbons (Fsp3) is 0.455. The minimum atomic E-state index is 0. The molecule has 0 aliphatic carbocycles. The molecule has 28 heavy (non-hydrogen) atoms. The van der Waals surface area contributed by atoms with Crippen molar-refractivity contribution in [3.05, 3.63) is 69.2 Å². The second-order valence-corrected chi connectivity index (χ2v) is 8.79. The molecule has 0 saturated heterocycles. The van der Waals surface area contributed by atoms with Crippen LogP contribution in [-0.2, 0) is 12.8 Å². The minimum Gasteiger partial charge on any atom is -1.00 e. The van der Waals surface area contributed by atoms with Crippen molar-refractivity contribution in [2.45, 2.75) is 38.0 Å². The molecule has 3 rings (SSSR count). The van der Waals surface area contributed by atoms with Gasteiger partial charge in [-0.3, -0.25) is 0 Å². The van der Waals surface area contributed by atoms with E-state index in [0.29, 0.717) is 5.92 Å². The average molecular weight is 464 g/mol. The van der Waals surface area contributed by atoms with Crippen LogP contribution in [0.5, 0.6) is 0 Å². The van der Waals surface area contributed by atoms with Crippen molar-refractivity contribution in [1.82, 2.24) is 5.32 Å². The van der Waals surface area contributed by atoms with Crippen LogP contribution in [0.3, 0.4) is 0 Å². The summed E-state index contributed by atoms with van der Waals surface area (Å²) in [4.78, 5) is 0. The second-order valence-electron chi connectivity index (χ2n) is 7.17. The second kappa shape index (κ2) is 13.7. The van der Waals surface area contributed by atoms with Crippen molar-refractivity contribution < 1.29 is 17.7 Å². The summed E-state index contributed by atoms with van der Waals surface area (Å²) in [7, 11) is 0. The van der Waals surface area contributed by atoms with Crippen LogP contribution in [0.1, 0.15) is 36.5 Å². The van der Waals surface area contributed by atoms with Gasteiger partial charge in [-0.2, -0.15) is 0 Å². The van der Waals surface area contributed by atoms with Crippen LogP contribution in [0.15, 0.2) is 42.5 Å². The number of alkyl halides is 1. The Kier molecular flexibility index (Phi) is 12.5. The number of rotatable bonds is 5. The largest absolute Gasteiger partial charge is 1.00 e. The Morgan fingerprint density at radius 1 is 1.11 bits per heavy atom. The fourth-order valence-corrected chi connectivity index (χ4v) is 3.60. The zero-order valence-electron chi connectivity index (χ0n) is 16.5. The molecule has 0 aromatic heterocycles. The molecular formula is C22H30Cl4N2. The van der Waals surface area contributed by atoms with Crippen LogP contribution in [0.4, 0.5) is 0 Å². The molecule has 2 aromatic rings. The molecule has 1 heterocycles. The van der Waals surface area contributed by atoms with E-state index < -0.39 is 0 Å². The molecule has 0 fully saturated rings. The summed E-state index contributed by atoms with van der Waals surface area (Å²) < 4.78 is 0. The molecule has 2 nitrogen and oxygen atoms in total. The maximum Gasteiger partial charge on any atom is 0.0919 e. The number of benzene rings is 2. The highest BCUT2D eigenvalue weighted by molar-refractivity contribution is 6.30. The van der Waals surface area contributed by atoms with Gasteiger partial charge in [-0.15, -0.1) is 11.6 Å². The van der Waals surface area contributed by atoms with Crippen molar-refractivity contribution in [3.63, 3.8) is 0 Å². The third-order valence-corrected chi connectivity index (χ3v) is 5.37. The van der Waals surface area contributed by atoms with Crippen LogP contribution >= 0.6 is 34.8 Å². The van der Waals surface area contributed by atoms with E-state index in [1.165, 1.54) is 16.7 Å². The Morgan fingerprint density at radius 3 is 2.46 bits per heavy atom. The van der Waals surface area contributed by atoms with Crippen molar-refractivity contribution in [3.8, 4) is 0 Å². The quantitative estimate of drug-likeness (QED) is 0.512. The van der Waals surface area contributed by atoms with Gasteiger partial charge < -0.3 is 23.0 Å². The predicted octanol–water partition coefficient (Wildman–Crippen LogP) is 1.67. The molecule has 1 aliphatic heterocycles. The Balaban J connectivity index is 0.000000271. The molecule has 1 aliphatic rings. The third-order valence-electron chi connectivity index (χ3n) is 4.70. The molecule has 2 unspecified atom stereocenters. The van der Waals surface area contributed by atoms with Crippen LogP contribution in [-0.4, -0.2) is 31.6 Å². The van der Waals surface area contributed by atoms with Crippen LogP contribution in [0, 0.1) is 0 Å². The Labute approximate surface area is 190 Å². The summed E-state index contributed by atoms with van der Waals surface area (Å²) in [5.74, 6) is 0.580. The van der Waals surface area contributed by atoms with Gasteiger partial charge in [0.15, 0.2) is 0 Å². The van der Waals surface area contributed by atoms with E-state index in [-0.39, 0.29) is 17.8 Å². The van der Waals surface area contributed by atoms with E-state index in [1.54, 1.807) is 0 Å². The van der Waals surface area contributed by atoms with Gasteiger partial charge >= 0.3 is 0 Å². The highest BCUT2D eigenvalue weighted by atomic mass is 35.5. The first-order valence-electron chi connectivity index (χ1n) is 9.65. The van der Waals surface area contributed by atoms with Crippen molar-refractivity contribution in [2.75, 3.05) is 26.2 Å². The fourth-order valence-electron chi connectivity index (χ4n) is 3.17. The van der Waals surface area contributed by atoms with Crippen molar-refractivity contribution >= 4 is 34.8 Å².